The molecule has 0 saturated carbocycles. The molecule has 4 rings (SSSR count). The maximum absolute atomic E-state index is 13.8. The van der Waals surface area contributed by atoms with E-state index < -0.39 is 265 Å². The largest absolute Gasteiger partial charge is 0.508 e. The van der Waals surface area contributed by atoms with Crippen LogP contribution in [0.3, 0.4) is 0 Å². The van der Waals surface area contributed by atoms with Crippen molar-refractivity contribution in [2.45, 2.75) is 86.3 Å². The molecule has 0 aromatic heterocycles. The van der Waals surface area contributed by atoms with Gasteiger partial charge in [-0.2, -0.15) is 131 Å². The Morgan fingerprint density at radius 3 is 1.07 bits per heavy atom. The minimum absolute atomic E-state index is 0.00936. The molecule has 4 aromatic rings. The van der Waals surface area contributed by atoms with Gasteiger partial charge in [0.25, 0.3) is 80.2 Å². The fourth-order valence-electron chi connectivity index (χ4n) is 5.76. The zero-order valence-corrected chi connectivity index (χ0v) is 61.0. The van der Waals surface area contributed by atoms with E-state index in [0.29, 0.717) is 42.5 Å². The Balaban J connectivity index is 0.000000764. The SMILES string of the molecule is O=C(O)C(F)(F)C(F)(F)S(=O)(=O)NS(=O)(=O)c1cc(O)cc(O)c1.O=S(=O)(NS(=O)(=O)C(F)(F)C(F)(F)C(F)(F)C(F)(F)S(=O)(=O)O)c1cc(O)ccc1O.O=S(=O)(NS(=O)(=O)C(F)(F)C(F)(F)OC(F)(F)C(F)(F)S(=O)(=O)O)c1cc(Cl)ccc1Cl.O=S(=O)(NS(=O)(=O)C(F)(F)C(F)(F)S(=O)(=O)O)c1c(F)c(F)cc(F)c1F. The maximum atomic E-state index is 13.8. The van der Waals surface area contributed by atoms with Crippen LogP contribution in [0.5, 0.6) is 23.0 Å². The summed E-state index contributed by atoms with van der Waals surface area (Å²) in [5.41, 5.74) is 0. The van der Waals surface area contributed by atoms with Crippen LogP contribution in [0.4, 0.5) is 123 Å². The summed E-state index contributed by atoms with van der Waals surface area (Å²) >= 11 is 10.8. The van der Waals surface area contributed by atoms with Crippen LogP contribution in [0.15, 0.2) is 80.2 Å². The maximum Gasteiger partial charge on any atom is 0.460 e. The number of carboxylic acids is 1. The van der Waals surface area contributed by atoms with E-state index in [0.717, 1.165) is 6.07 Å². The molecular weight excluding hydrogens is 1970 g/mol. The molecule has 0 aliphatic rings. The lowest BCUT2D eigenvalue weighted by molar-refractivity contribution is -0.442. The lowest BCUT2D eigenvalue weighted by atomic mass is 10.2. The molecule has 0 unspecified atom stereocenters. The van der Waals surface area contributed by atoms with Crippen molar-refractivity contribution in [3.63, 3.8) is 0 Å². The van der Waals surface area contributed by atoms with Crippen LogP contribution in [0.1, 0.15) is 0 Å². The number of alkyl halides is 24. The number of hydrogen-bond donors (Lipinski definition) is 12. The monoisotopic (exact) mass is 1990 g/mol. The van der Waals surface area contributed by atoms with Crippen molar-refractivity contribution in [2.24, 2.45) is 0 Å². The number of phenolic OH excluding ortho intramolecular Hbond substituents is 4. The van der Waals surface area contributed by atoms with E-state index in [-0.39, 0.29) is 22.6 Å². The van der Waals surface area contributed by atoms with E-state index in [2.05, 4.69) is 0 Å². The third-order valence-corrected chi connectivity index (χ3v) is 29.0. The molecule has 0 atom stereocenters. The first-order valence-electron chi connectivity index (χ1n) is 24.3. The first kappa shape index (κ1) is 105. The van der Waals surface area contributed by atoms with E-state index in [4.69, 9.17) is 57.3 Å². The van der Waals surface area contributed by atoms with Gasteiger partial charge in [0, 0.05) is 35.4 Å². The molecule has 0 radical (unpaired) electrons. The lowest BCUT2D eigenvalue weighted by Gasteiger charge is -2.34. The second-order valence-electron chi connectivity index (χ2n) is 19.3. The average Bonchev–Trinajstić information content (AvgIpc) is 0.671. The standard InChI is InChI=1S/C10H5Cl2F8NO8S3.C10H7F8NO9S3.C9H7F4NO8S2.C8H3F8NO7S3/c11-4-1-2-5(12)6(3-4)30(22,23)21-31(24,25)9(17,18)7(13,14)29-8(15,16)10(19,20)32(26,27)28;11-7(12,8(13,14)10(17,18)31(26,27)28)9(15,16)30(24,25)19-29(22,23)6-3-4(20)1-2-5(6)21;10-8(11,7(17)18)9(12,13)24(21,22)14-23(19,20)6-2-4(15)1-5(16)3-6;9-2-1-3(10)5(12)6(4(2)11)25(18,19)17-26(20,21)7(13,14)8(15,16)27(22,23)24/h1-3,21H,(H,26,27,28);1-3,19-21H,(H,26,27,28);1-3,14-16H,(H,17,18);1,17H,(H,22,23,24). The molecule has 0 aliphatic carbocycles. The van der Waals surface area contributed by atoms with E-state index in [1.54, 1.807) is 4.74 Å². The third kappa shape index (κ3) is 20.3. The van der Waals surface area contributed by atoms with Gasteiger partial charge in [-0.25, -0.2) is 94.4 Å². The van der Waals surface area contributed by atoms with Gasteiger partial charge in [-0.1, -0.05) is 39.7 Å². The predicted molar refractivity (Wildman–Crippen MR) is 302 cm³/mol. The summed E-state index contributed by atoms with van der Waals surface area (Å²) in [6.07, 6.45) is -14.4. The molecule has 36 nitrogen and oxygen atoms in total. The Morgan fingerprint density at radius 2 is 0.684 bits per heavy atom. The van der Waals surface area contributed by atoms with Gasteiger partial charge in [-0.05, 0) is 30.3 Å². The van der Waals surface area contributed by atoms with E-state index in [1.807, 2.05) is 0 Å². The van der Waals surface area contributed by atoms with Gasteiger partial charge in [0.05, 0.1) is 9.92 Å². The molecule has 77 heteroatoms. The third-order valence-electron chi connectivity index (χ3n) is 11.2. The van der Waals surface area contributed by atoms with Crippen LogP contribution < -0.4 is 16.5 Å². The molecular formula is C37H22Cl2F28N4O32S11. The van der Waals surface area contributed by atoms with E-state index in [1.165, 1.54) is 0 Å². The topological polar surface area (TPSA) is 612 Å². The second kappa shape index (κ2) is 32.2. The number of carboxylic acid groups (broad SMARTS) is 1. The molecule has 0 bridgehead atoms. The number of sulfonamides is 8. The van der Waals surface area contributed by atoms with Crippen molar-refractivity contribution in [1.82, 2.24) is 16.5 Å². The molecule has 0 fully saturated rings. The fraction of sp³-hybridized carbons (Fsp3) is 0.324. The number of hydrogen-bond acceptors (Lipinski definition) is 28. The summed E-state index contributed by atoms with van der Waals surface area (Å²) in [6, 6.07) is 3.54. The second-order valence-corrected chi connectivity index (χ2v) is 39.0. The zero-order valence-electron chi connectivity index (χ0n) is 50.5. The Bertz CT molecular complexity index is 5760. The predicted octanol–water partition coefficient (Wildman–Crippen LogP) is 4.87. The van der Waals surface area contributed by atoms with Crippen LogP contribution in [-0.4, -0.2) is 205 Å². The highest BCUT2D eigenvalue weighted by molar-refractivity contribution is 8.07. The van der Waals surface area contributed by atoms with Crippen molar-refractivity contribution >= 4 is 140 Å². The Hall–Kier alpha value is -6.70. The fourth-order valence-corrected chi connectivity index (χ4v) is 19.9. The minimum Gasteiger partial charge on any atom is -0.508 e. The summed E-state index contributed by atoms with van der Waals surface area (Å²) in [6.45, 7) is 0. The van der Waals surface area contributed by atoms with Crippen molar-refractivity contribution < 1.29 is 264 Å². The van der Waals surface area contributed by atoms with Gasteiger partial charge < -0.3 is 25.5 Å². The summed E-state index contributed by atoms with van der Waals surface area (Å²) < 4.78 is 643. The molecule has 658 valence electrons. The van der Waals surface area contributed by atoms with Gasteiger partial charge in [0.1, 0.15) is 32.8 Å². The van der Waals surface area contributed by atoms with E-state index in [9.17, 15) is 225 Å². The summed E-state index contributed by atoms with van der Waals surface area (Å²) in [5, 5.41) is -5.89. The highest BCUT2D eigenvalue weighted by Gasteiger charge is 2.88. The van der Waals surface area contributed by atoms with Crippen molar-refractivity contribution in [3.05, 3.63) is 94.0 Å². The quantitative estimate of drug-likeness (QED) is 0.0149. The van der Waals surface area contributed by atoms with E-state index >= 15 is 0 Å². The highest BCUT2D eigenvalue weighted by Crippen LogP contribution is 2.56. The van der Waals surface area contributed by atoms with Gasteiger partial charge >= 0.3 is 103 Å². The number of halogens is 30. The number of ether oxygens (including phenoxy) is 1. The molecule has 0 heterocycles. The van der Waals surface area contributed by atoms with Crippen LogP contribution >= 0.6 is 23.2 Å². The summed E-state index contributed by atoms with van der Waals surface area (Å²) in [7, 11) is -75.1. The van der Waals surface area contributed by atoms with Crippen LogP contribution in [0, 0.1) is 23.3 Å². The lowest BCUT2D eigenvalue weighted by Crippen LogP contribution is -2.67. The smallest absolute Gasteiger partial charge is 0.460 e. The molecule has 0 amide bonds. The normalized spacial score (nSPS) is 14.6. The van der Waals surface area contributed by atoms with Crippen molar-refractivity contribution in [1.29, 1.82) is 0 Å². The number of carbonyl (C=O) groups is 1. The molecule has 0 spiro atoms. The van der Waals surface area contributed by atoms with Crippen LogP contribution in [0.2, 0.25) is 10.0 Å². The molecule has 114 heavy (non-hydrogen) atoms. The van der Waals surface area contributed by atoms with Crippen LogP contribution in [-0.2, 0) is 120 Å². The number of nitrogens with one attached hydrogen (secondary N) is 4. The number of aliphatic carboxylic acids is 1. The Morgan fingerprint density at radius 1 is 0.351 bits per heavy atom. The van der Waals surface area contributed by atoms with Crippen LogP contribution in [0.25, 0.3) is 0 Å². The summed E-state index contributed by atoms with van der Waals surface area (Å²) in [4.78, 5) is 2.88. The molecule has 4 aromatic carbocycles. The number of aromatic hydroxyl groups is 4. The summed E-state index contributed by atoms with van der Waals surface area (Å²) in [5.74, 6) is -40.2. The van der Waals surface area contributed by atoms with Gasteiger partial charge in [-0.3, -0.25) is 13.7 Å². The zero-order chi connectivity index (χ0) is 91.8. The Labute approximate surface area is 620 Å². The van der Waals surface area contributed by atoms with Gasteiger partial charge in [-0.15, -0.1) is 0 Å². The number of rotatable bonds is 29. The van der Waals surface area contributed by atoms with Gasteiger partial charge in [0.15, 0.2) is 28.2 Å². The number of benzene rings is 4. The van der Waals surface area contributed by atoms with Crippen molar-refractivity contribution in [3.8, 4) is 23.0 Å². The first-order chi connectivity index (χ1) is 49.4. The molecule has 12 N–H and O–H groups in total. The van der Waals surface area contributed by atoms with Crippen molar-refractivity contribution in [2.75, 3.05) is 0 Å². The van der Waals surface area contributed by atoms with Gasteiger partial charge in [0.2, 0.25) is 0 Å². The number of phenols is 4. The Kier molecular flexibility index (Phi) is 29.8. The highest BCUT2D eigenvalue weighted by atomic mass is 35.5. The minimum atomic E-state index is -7.86. The molecule has 0 saturated heterocycles. The average molecular weight is 1990 g/mol. The first-order valence-corrected chi connectivity index (χ1v) is 41.2. The molecule has 0 aliphatic heterocycles.